The van der Waals surface area contributed by atoms with Crippen LogP contribution < -0.4 is 9.80 Å². The molecule has 1 aliphatic rings. The molecule has 27 heavy (non-hydrogen) atoms. The summed E-state index contributed by atoms with van der Waals surface area (Å²) in [6, 6.07) is 22.8. The maximum absolute atomic E-state index is 13.3. The number of hydrogen-bond acceptors (Lipinski definition) is 2. The lowest BCUT2D eigenvalue weighted by molar-refractivity contribution is -0.118. The fraction of sp³-hybridized carbons (Fsp3) is 0.0476. The minimum atomic E-state index is -0.705. The Balaban J connectivity index is 1.83. The van der Waals surface area contributed by atoms with Crippen LogP contribution in [0.15, 0.2) is 87.8 Å². The van der Waals surface area contributed by atoms with Gasteiger partial charge in [0.15, 0.2) is 0 Å². The number of halogens is 2. The number of benzene rings is 3. The van der Waals surface area contributed by atoms with Gasteiger partial charge in [-0.1, -0.05) is 62.2 Å². The quantitative estimate of drug-likeness (QED) is 0.431. The van der Waals surface area contributed by atoms with Gasteiger partial charge in [0.2, 0.25) is 0 Å². The molecule has 0 N–H and O–H groups in total. The highest BCUT2D eigenvalue weighted by molar-refractivity contribution is 9.10. The molecule has 1 aliphatic heterocycles. The average molecular weight is 486 g/mol. The van der Waals surface area contributed by atoms with Crippen molar-refractivity contribution in [2.24, 2.45) is 0 Å². The van der Waals surface area contributed by atoms with E-state index in [4.69, 9.17) is 0 Å². The molecular formula is C21H14Br2N2O2. The molecule has 3 aromatic rings. The van der Waals surface area contributed by atoms with Gasteiger partial charge in [0, 0.05) is 14.6 Å². The second-order valence-corrected chi connectivity index (χ2v) is 7.92. The topological polar surface area (TPSA) is 40.6 Å². The molecule has 0 radical (unpaired) electrons. The second kappa shape index (κ2) is 7.29. The van der Waals surface area contributed by atoms with E-state index in [0.717, 1.165) is 14.5 Å². The van der Waals surface area contributed by atoms with Crippen LogP contribution in [0.4, 0.5) is 16.2 Å². The largest absolute Gasteiger partial charge is 0.336 e. The van der Waals surface area contributed by atoms with E-state index >= 15 is 0 Å². The highest BCUT2D eigenvalue weighted by atomic mass is 79.9. The van der Waals surface area contributed by atoms with Gasteiger partial charge in [-0.15, -0.1) is 0 Å². The van der Waals surface area contributed by atoms with Crippen LogP contribution in [0.25, 0.3) is 0 Å². The predicted molar refractivity (Wildman–Crippen MR) is 113 cm³/mol. The van der Waals surface area contributed by atoms with Gasteiger partial charge in [0.05, 0.1) is 5.69 Å². The molecule has 1 fully saturated rings. The van der Waals surface area contributed by atoms with Crippen molar-refractivity contribution >= 4 is 55.2 Å². The number of carbonyl (C=O) groups is 2. The first kappa shape index (κ1) is 17.9. The molecule has 0 bridgehead atoms. The summed E-state index contributed by atoms with van der Waals surface area (Å²) in [6.07, 6.45) is 0. The lowest BCUT2D eigenvalue weighted by Crippen LogP contribution is -2.33. The third-order valence-electron chi connectivity index (χ3n) is 4.41. The van der Waals surface area contributed by atoms with E-state index in [1.165, 1.54) is 4.90 Å². The third-order valence-corrected chi connectivity index (χ3v) is 5.47. The molecule has 0 aromatic heterocycles. The first-order chi connectivity index (χ1) is 13.1. The van der Waals surface area contributed by atoms with E-state index < -0.39 is 6.04 Å². The van der Waals surface area contributed by atoms with E-state index in [1.54, 1.807) is 17.0 Å². The normalized spacial score (nSPS) is 16.9. The number of carbonyl (C=O) groups excluding carboxylic acids is 2. The van der Waals surface area contributed by atoms with E-state index in [9.17, 15) is 9.59 Å². The Morgan fingerprint density at radius 1 is 0.667 bits per heavy atom. The lowest BCUT2D eigenvalue weighted by atomic mass is 10.1. The van der Waals surface area contributed by atoms with Crippen LogP contribution in [0.5, 0.6) is 0 Å². The summed E-state index contributed by atoms with van der Waals surface area (Å²) < 4.78 is 1.79. The molecule has 0 aliphatic carbocycles. The Labute approximate surface area is 173 Å². The molecule has 0 unspecified atom stereocenters. The maximum Gasteiger partial charge on any atom is 0.336 e. The lowest BCUT2D eigenvalue weighted by Gasteiger charge is -2.22. The number of nitrogens with zero attached hydrogens (tertiary/aromatic N) is 2. The van der Waals surface area contributed by atoms with Crippen LogP contribution in [0, 0.1) is 0 Å². The van der Waals surface area contributed by atoms with Gasteiger partial charge < -0.3 is 0 Å². The standard InChI is InChI=1S/C21H14Br2N2O2/c22-15-6-10-17(11-7-15)24-19(14-4-2-1-3-5-14)20(26)25(21(24)27)18-12-8-16(23)9-13-18/h1-13,19H/t19-/m0/s1. The minimum Gasteiger partial charge on any atom is -0.277 e. The summed E-state index contributed by atoms with van der Waals surface area (Å²) in [5.41, 5.74) is 2.00. The van der Waals surface area contributed by atoms with Crippen LogP contribution in [0.3, 0.4) is 0 Å². The Kier molecular flexibility index (Phi) is 4.85. The zero-order valence-corrected chi connectivity index (χ0v) is 17.2. The zero-order chi connectivity index (χ0) is 19.0. The molecule has 3 amide bonds. The first-order valence-electron chi connectivity index (χ1n) is 8.29. The summed E-state index contributed by atoms with van der Waals surface area (Å²) >= 11 is 6.80. The number of hydrogen-bond donors (Lipinski definition) is 0. The molecule has 1 saturated heterocycles. The fourth-order valence-corrected chi connectivity index (χ4v) is 3.69. The molecule has 0 saturated carbocycles. The average Bonchev–Trinajstić information content (AvgIpc) is 2.94. The zero-order valence-electron chi connectivity index (χ0n) is 14.0. The van der Waals surface area contributed by atoms with Crippen LogP contribution in [0.2, 0.25) is 0 Å². The molecule has 134 valence electrons. The van der Waals surface area contributed by atoms with Gasteiger partial charge in [-0.05, 0) is 54.1 Å². The predicted octanol–water partition coefficient (Wildman–Crippen LogP) is 5.93. The van der Waals surface area contributed by atoms with Gasteiger partial charge in [-0.25, -0.2) is 9.69 Å². The van der Waals surface area contributed by atoms with Crippen molar-refractivity contribution < 1.29 is 9.59 Å². The van der Waals surface area contributed by atoms with E-state index in [-0.39, 0.29) is 11.9 Å². The van der Waals surface area contributed by atoms with Crippen molar-refractivity contribution in [1.82, 2.24) is 0 Å². The van der Waals surface area contributed by atoms with Gasteiger partial charge in [-0.2, -0.15) is 0 Å². The van der Waals surface area contributed by atoms with Crippen LogP contribution in [-0.2, 0) is 4.79 Å². The Morgan fingerprint density at radius 2 is 1.19 bits per heavy atom. The van der Waals surface area contributed by atoms with E-state index in [0.29, 0.717) is 11.4 Å². The number of imide groups is 1. The van der Waals surface area contributed by atoms with Crippen molar-refractivity contribution in [3.63, 3.8) is 0 Å². The molecule has 0 spiro atoms. The van der Waals surface area contributed by atoms with Gasteiger partial charge in [-0.3, -0.25) is 9.69 Å². The SMILES string of the molecule is O=C1[C@H](c2ccccc2)N(c2ccc(Br)cc2)C(=O)N1c1ccc(Br)cc1. The van der Waals surface area contributed by atoms with Crippen molar-refractivity contribution in [2.75, 3.05) is 9.80 Å². The summed E-state index contributed by atoms with van der Waals surface area (Å²) in [7, 11) is 0. The van der Waals surface area contributed by atoms with Gasteiger partial charge in [0.1, 0.15) is 6.04 Å². The number of urea groups is 1. The van der Waals surface area contributed by atoms with E-state index in [2.05, 4.69) is 31.9 Å². The number of anilines is 2. The monoisotopic (exact) mass is 484 g/mol. The summed E-state index contributed by atoms with van der Waals surface area (Å²) in [5, 5.41) is 0. The van der Waals surface area contributed by atoms with Crippen LogP contribution >= 0.6 is 31.9 Å². The number of amides is 3. The summed E-state index contributed by atoms with van der Waals surface area (Å²) in [6.45, 7) is 0. The van der Waals surface area contributed by atoms with Crippen molar-refractivity contribution in [3.05, 3.63) is 93.4 Å². The highest BCUT2D eigenvalue weighted by Crippen LogP contribution is 2.38. The van der Waals surface area contributed by atoms with Crippen molar-refractivity contribution in [3.8, 4) is 0 Å². The Hall–Kier alpha value is -2.44. The second-order valence-electron chi connectivity index (χ2n) is 6.09. The molecule has 4 rings (SSSR count). The minimum absolute atomic E-state index is 0.267. The van der Waals surface area contributed by atoms with Gasteiger partial charge in [0.25, 0.3) is 5.91 Å². The molecule has 4 nitrogen and oxygen atoms in total. The van der Waals surface area contributed by atoms with Gasteiger partial charge >= 0.3 is 6.03 Å². The Bertz CT molecular complexity index is 989. The van der Waals surface area contributed by atoms with Crippen molar-refractivity contribution in [1.29, 1.82) is 0 Å². The fourth-order valence-electron chi connectivity index (χ4n) is 3.16. The molecule has 1 heterocycles. The third kappa shape index (κ3) is 3.31. The smallest absolute Gasteiger partial charge is 0.277 e. The number of rotatable bonds is 3. The highest BCUT2D eigenvalue weighted by Gasteiger charge is 2.47. The first-order valence-corrected chi connectivity index (χ1v) is 9.88. The summed E-state index contributed by atoms with van der Waals surface area (Å²) in [4.78, 5) is 29.4. The summed E-state index contributed by atoms with van der Waals surface area (Å²) in [5.74, 6) is -0.267. The van der Waals surface area contributed by atoms with Crippen molar-refractivity contribution in [2.45, 2.75) is 6.04 Å². The molecular weight excluding hydrogens is 472 g/mol. The molecule has 1 atom stereocenters. The van der Waals surface area contributed by atoms with E-state index in [1.807, 2.05) is 66.7 Å². The van der Waals surface area contributed by atoms with Crippen LogP contribution in [-0.4, -0.2) is 11.9 Å². The maximum atomic E-state index is 13.3. The van der Waals surface area contributed by atoms with Crippen LogP contribution in [0.1, 0.15) is 11.6 Å². The molecule has 6 heteroatoms. The molecule has 3 aromatic carbocycles. The Morgan fingerprint density at radius 3 is 1.74 bits per heavy atom.